The Labute approximate surface area is 263 Å². The number of rotatable bonds is 13. The van der Waals surface area contributed by atoms with E-state index in [4.69, 9.17) is 11.6 Å². The molecule has 0 saturated heterocycles. The van der Waals surface area contributed by atoms with E-state index in [2.05, 4.69) is 5.32 Å². The van der Waals surface area contributed by atoms with E-state index in [-0.39, 0.29) is 35.5 Å². The third-order valence-electron chi connectivity index (χ3n) is 7.24. The van der Waals surface area contributed by atoms with Gasteiger partial charge in [0.25, 0.3) is 10.0 Å². The van der Waals surface area contributed by atoms with Crippen LogP contribution < -0.4 is 9.62 Å². The number of sulfonamides is 1. The molecule has 0 radical (unpaired) electrons. The summed E-state index contributed by atoms with van der Waals surface area (Å²) in [5.74, 6) is -1.43. The second-order valence-corrected chi connectivity index (χ2v) is 12.8. The Balaban J connectivity index is 1.80. The lowest BCUT2D eigenvalue weighted by Gasteiger charge is -2.34. The van der Waals surface area contributed by atoms with E-state index < -0.39 is 34.3 Å². The number of nitrogens with one attached hydrogen (secondary N) is 1. The number of carbonyl (C=O) groups is 2. The highest BCUT2D eigenvalue weighted by molar-refractivity contribution is 7.92. The Morgan fingerprint density at radius 2 is 1.50 bits per heavy atom. The van der Waals surface area contributed by atoms with E-state index in [1.807, 2.05) is 44.2 Å². The van der Waals surface area contributed by atoms with E-state index in [1.54, 1.807) is 36.4 Å². The van der Waals surface area contributed by atoms with Crippen molar-refractivity contribution in [3.8, 4) is 0 Å². The first kappa shape index (κ1) is 32.7. The second kappa shape index (κ2) is 15.0. The van der Waals surface area contributed by atoms with Gasteiger partial charge in [-0.3, -0.25) is 13.9 Å². The smallest absolute Gasteiger partial charge is 0.264 e. The fraction of sp³-hybridized carbons (Fsp3) is 0.235. The van der Waals surface area contributed by atoms with Gasteiger partial charge in [-0.1, -0.05) is 85.3 Å². The molecule has 7 nitrogen and oxygen atoms in total. The van der Waals surface area contributed by atoms with Crippen LogP contribution in [0, 0.1) is 5.82 Å². The summed E-state index contributed by atoms with van der Waals surface area (Å²) in [7, 11) is -4.23. The van der Waals surface area contributed by atoms with E-state index >= 15 is 0 Å². The number of carbonyl (C=O) groups excluding carboxylic acids is 2. The number of anilines is 1. The maximum Gasteiger partial charge on any atom is 0.264 e. The van der Waals surface area contributed by atoms with Crippen LogP contribution in [0.1, 0.15) is 31.4 Å². The van der Waals surface area contributed by atoms with Gasteiger partial charge in [-0.05, 0) is 66.9 Å². The van der Waals surface area contributed by atoms with Gasteiger partial charge in [-0.2, -0.15) is 0 Å². The molecule has 0 bridgehead atoms. The fourth-order valence-corrected chi connectivity index (χ4v) is 6.27. The molecule has 2 atom stereocenters. The first-order valence-electron chi connectivity index (χ1n) is 14.3. The van der Waals surface area contributed by atoms with Gasteiger partial charge in [0.1, 0.15) is 18.4 Å². The zero-order valence-corrected chi connectivity index (χ0v) is 26.1. The maximum atomic E-state index is 14.4. The van der Waals surface area contributed by atoms with Crippen LogP contribution in [-0.2, 0) is 32.6 Å². The highest BCUT2D eigenvalue weighted by Crippen LogP contribution is 2.27. The fourth-order valence-electron chi connectivity index (χ4n) is 4.66. The molecule has 0 aromatic heterocycles. The molecule has 2 amide bonds. The minimum Gasteiger partial charge on any atom is -0.352 e. The molecule has 10 heteroatoms. The van der Waals surface area contributed by atoms with Crippen molar-refractivity contribution >= 4 is 39.1 Å². The standard InChI is InChI=1S/C34H35ClFN3O4S/c1-3-25(2)37-34(41)32(21-26-11-6-4-7-12-26)38(23-27-17-19-29(36)20-18-27)33(40)24-39(30-14-10-13-28(35)22-30)44(42,43)31-15-8-5-9-16-31/h4-20,22,25,32H,3,21,23-24H2,1-2H3,(H,37,41)/t25-,32+/m0/s1. The van der Waals surface area contributed by atoms with Gasteiger partial charge < -0.3 is 10.2 Å². The SMILES string of the molecule is CC[C@H](C)NC(=O)[C@@H](Cc1ccccc1)N(Cc1ccc(F)cc1)C(=O)CN(c1cccc(Cl)c1)S(=O)(=O)c1ccccc1. The predicted octanol–water partition coefficient (Wildman–Crippen LogP) is 6.23. The summed E-state index contributed by atoms with van der Waals surface area (Å²) in [6.45, 7) is 3.15. The summed E-state index contributed by atoms with van der Waals surface area (Å²) in [6, 6.07) is 27.8. The van der Waals surface area contributed by atoms with Gasteiger partial charge in [-0.15, -0.1) is 0 Å². The van der Waals surface area contributed by atoms with Crippen molar-refractivity contribution in [2.45, 2.75) is 50.2 Å². The molecule has 0 aliphatic carbocycles. The van der Waals surface area contributed by atoms with Crippen LogP contribution in [0.3, 0.4) is 0 Å². The summed E-state index contributed by atoms with van der Waals surface area (Å²) in [5.41, 5.74) is 1.59. The van der Waals surface area contributed by atoms with Crippen LogP contribution in [0.4, 0.5) is 10.1 Å². The van der Waals surface area contributed by atoms with Crippen LogP contribution in [0.5, 0.6) is 0 Å². The lowest BCUT2D eigenvalue weighted by molar-refractivity contribution is -0.140. The zero-order valence-electron chi connectivity index (χ0n) is 24.6. The van der Waals surface area contributed by atoms with Gasteiger partial charge >= 0.3 is 0 Å². The van der Waals surface area contributed by atoms with Crippen molar-refractivity contribution in [2.75, 3.05) is 10.8 Å². The van der Waals surface area contributed by atoms with Crippen LogP contribution in [-0.4, -0.2) is 43.8 Å². The molecule has 44 heavy (non-hydrogen) atoms. The Morgan fingerprint density at radius 1 is 0.864 bits per heavy atom. The molecule has 0 unspecified atom stereocenters. The van der Waals surface area contributed by atoms with Gasteiger partial charge in [0.15, 0.2) is 0 Å². The monoisotopic (exact) mass is 635 g/mol. The minimum absolute atomic E-state index is 0.00629. The summed E-state index contributed by atoms with van der Waals surface area (Å²) in [6.07, 6.45) is 0.853. The topological polar surface area (TPSA) is 86.8 Å². The molecule has 0 aliphatic heterocycles. The molecule has 0 saturated carbocycles. The Kier molecular flexibility index (Phi) is 11.1. The van der Waals surface area contributed by atoms with E-state index in [9.17, 15) is 22.4 Å². The van der Waals surface area contributed by atoms with Crippen LogP contribution in [0.15, 0.2) is 114 Å². The number of amides is 2. The first-order chi connectivity index (χ1) is 21.1. The molecule has 0 aliphatic rings. The Bertz CT molecular complexity index is 1660. The molecule has 0 heterocycles. The third-order valence-corrected chi connectivity index (χ3v) is 9.27. The van der Waals surface area contributed by atoms with Gasteiger partial charge in [0.2, 0.25) is 11.8 Å². The average Bonchev–Trinajstić information content (AvgIpc) is 3.03. The van der Waals surface area contributed by atoms with Crippen molar-refractivity contribution in [2.24, 2.45) is 0 Å². The summed E-state index contributed by atoms with van der Waals surface area (Å²) < 4.78 is 42.7. The van der Waals surface area contributed by atoms with E-state index in [1.165, 1.54) is 47.4 Å². The van der Waals surface area contributed by atoms with Crippen molar-refractivity contribution in [1.29, 1.82) is 0 Å². The van der Waals surface area contributed by atoms with Crippen molar-refractivity contribution in [1.82, 2.24) is 10.2 Å². The van der Waals surface area contributed by atoms with Crippen molar-refractivity contribution in [3.63, 3.8) is 0 Å². The number of hydrogen-bond donors (Lipinski definition) is 1. The maximum absolute atomic E-state index is 14.4. The van der Waals surface area contributed by atoms with E-state index in [0.29, 0.717) is 17.0 Å². The molecular formula is C34H35ClFN3O4S. The molecule has 230 valence electrons. The summed E-state index contributed by atoms with van der Waals surface area (Å²) in [5, 5.41) is 3.28. The highest BCUT2D eigenvalue weighted by Gasteiger charge is 2.35. The van der Waals surface area contributed by atoms with Crippen molar-refractivity contribution in [3.05, 3.63) is 131 Å². The normalized spacial score (nSPS) is 12.6. The zero-order chi connectivity index (χ0) is 31.7. The number of benzene rings is 4. The number of hydrogen-bond acceptors (Lipinski definition) is 4. The average molecular weight is 636 g/mol. The second-order valence-electron chi connectivity index (χ2n) is 10.5. The first-order valence-corrected chi connectivity index (χ1v) is 16.1. The number of halogens is 2. The molecule has 4 aromatic rings. The van der Waals surface area contributed by atoms with Crippen LogP contribution in [0.25, 0.3) is 0 Å². The minimum atomic E-state index is -4.23. The lowest BCUT2D eigenvalue weighted by Crippen LogP contribution is -2.54. The molecule has 0 spiro atoms. The molecule has 4 aromatic carbocycles. The van der Waals surface area contributed by atoms with Crippen LogP contribution in [0.2, 0.25) is 5.02 Å². The quantitative estimate of drug-likeness (QED) is 0.189. The molecule has 1 N–H and O–H groups in total. The van der Waals surface area contributed by atoms with Crippen molar-refractivity contribution < 1.29 is 22.4 Å². The molecular weight excluding hydrogens is 601 g/mol. The van der Waals surface area contributed by atoms with Gasteiger partial charge in [-0.25, -0.2) is 12.8 Å². The van der Waals surface area contributed by atoms with Gasteiger partial charge in [0, 0.05) is 24.0 Å². The summed E-state index contributed by atoms with van der Waals surface area (Å²) >= 11 is 6.25. The van der Waals surface area contributed by atoms with E-state index in [0.717, 1.165) is 9.87 Å². The Hall–Kier alpha value is -4.21. The third kappa shape index (κ3) is 8.45. The molecule has 4 rings (SSSR count). The molecule has 0 fully saturated rings. The highest BCUT2D eigenvalue weighted by atomic mass is 35.5. The number of nitrogens with zero attached hydrogens (tertiary/aromatic N) is 2. The largest absolute Gasteiger partial charge is 0.352 e. The Morgan fingerprint density at radius 3 is 2.11 bits per heavy atom. The van der Waals surface area contributed by atoms with Crippen LogP contribution >= 0.6 is 11.6 Å². The summed E-state index contributed by atoms with van der Waals surface area (Å²) in [4.78, 5) is 29.6. The predicted molar refractivity (Wildman–Crippen MR) is 171 cm³/mol. The lowest BCUT2D eigenvalue weighted by atomic mass is 10.0. The van der Waals surface area contributed by atoms with Gasteiger partial charge in [0.05, 0.1) is 10.6 Å².